The molecule has 0 saturated carbocycles. The molecule has 0 aromatic rings. The van der Waals surface area contributed by atoms with E-state index in [1.54, 1.807) is 11.9 Å². The highest BCUT2D eigenvalue weighted by molar-refractivity contribution is 6.31. The molecule has 1 N–H and O–H groups in total. The van der Waals surface area contributed by atoms with E-state index in [2.05, 4.69) is 13.0 Å². The van der Waals surface area contributed by atoms with Crippen LogP contribution in [0.25, 0.3) is 0 Å². The highest BCUT2D eigenvalue weighted by Crippen LogP contribution is 2.28. The lowest BCUT2D eigenvalue weighted by molar-refractivity contribution is -0.134. The Morgan fingerprint density at radius 2 is 2.31 bits per heavy atom. The third-order valence-electron chi connectivity index (χ3n) is 2.76. The molecule has 1 aliphatic rings. The number of unbranched alkanes of at least 4 members (excludes halogenated alkanes) is 1. The topological polar surface area (TPSA) is 40.5 Å². The Morgan fingerprint density at radius 3 is 2.88 bits per heavy atom. The van der Waals surface area contributed by atoms with Gasteiger partial charge in [0.25, 0.3) is 0 Å². The van der Waals surface area contributed by atoms with E-state index in [4.69, 9.17) is 16.7 Å². The largest absolute Gasteiger partial charge is 0.477 e. The lowest BCUT2D eigenvalue weighted by Gasteiger charge is -2.22. The van der Waals surface area contributed by atoms with Crippen LogP contribution in [0.1, 0.15) is 39.0 Å². The number of carbonyl (C=O) groups is 1. The Labute approximate surface area is 101 Å². The molecule has 0 fully saturated rings. The van der Waals surface area contributed by atoms with Crippen molar-refractivity contribution in [2.45, 2.75) is 39.0 Å². The number of halogens is 1. The van der Waals surface area contributed by atoms with Gasteiger partial charge in [0.1, 0.15) is 5.70 Å². The van der Waals surface area contributed by atoms with Crippen molar-refractivity contribution in [2.24, 2.45) is 0 Å². The summed E-state index contributed by atoms with van der Waals surface area (Å²) in [5.41, 5.74) is 1.29. The average Bonchev–Trinajstić information content (AvgIpc) is 2.34. The highest BCUT2D eigenvalue weighted by atomic mass is 35.5. The number of carboxylic acids is 1. The van der Waals surface area contributed by atoms with Crippen LogP contribution in [0.15, 0.2) is 22.5 Å². The maximum absolute atomic E-state index is 11.1. The quantitative estimate of drug-likeness (QED) is 0.824. The van der Waals surface area contributed by atoms with Gasteiger partial charge in [0.05, 0.1) is 0 Å². The van der Waals surface area contributed by atoms with E-state index in [1.165, 1.54) is 0 Å². The lowest BCUT2D eigenvalue weighted by Crippen LogP contribution is -2.23. The Hall–Kier alpha value is -0.960. The van der Waals surface area contributed by atoms with Gasteiger partial charge in [-0.3, -0.25) is 0 Å². The van der Waals surface area contributed by atoms with Crippen molar-refractivity contribution in [3.63, 3.8) is 0 Å². The molecule has 1 rings (SSSR count). The van der Waals surface area contributed by atoms with Gasteiger partial charge in [-0.15, -0.1) is 0 Å². The van der Waals surface area contributed by atoms with Gasteiger partial charge >= 0.3 is 5.97 Å². The summed E-state index contributed by atoms with van der Waals surface area (Å²) in [6.07, 6.45) is 6.61. The summed E-state index contributed by atoms with van der Waals surface area (Å²) >= 11 is 6.00. The van der Waals surface area contributed by atoms with E-state index in [-0.39, 0.29) is 5.70 Å². The second-order valence-corrected chi connectivity index (χ2v) is 4.41. The maximum Gasteiger partial charge on any atom is 0.353 e. The minimum Gasteiger partial charge on any atom is -0.477 e. The molecule has 0 spiro atoms. The van der Waals surface area contributed by atoms with Gasteiger partial charge in [-0.2, -0.15) is 0 Å². The first-order valence-corrected chi connectivity index (χ1v) is 6.00. The average molecular weight is 244 g/mol. The van der Waals surface area contributed by atoms with Crippen molar-refractivity contribution in [3.8, 4) is 0 Å². The predicted molar refractivity (Wildman–Crippen MR) is 65.1 cm³/mol. The van der Waals surface area contributed by atoms with Crippen LogP contribution in [-0.4, -0.2) is 23.0 Å². The number of rotatable bonds is 4. The van der Waals surface area contributed by atoms with E-state index in [0.717, 1.165) is 31.4 Å². The van der Waals surface area contributed by atoms with Crippen molar-refractivity contribution < 1.29 is 9.90 Å². The third-order valence-corrected chi connectivity index (χ3v) is 3.12. The van der Waals surface area contributed by atoms with Crippen LogP contribution in [0.4, 0.5) is 0 Å². The van der Waals surface area contributed by atoms with Gasteiger partial charge in [-0.1, -0.05) is 31.0 Å². The van der Waals surface area contributed by atoms with E-state index in [1.807, 2.05) is 0 Å². The summed E-state index contributed by atoms with van der Waals surface area (Å²) in [6.45, 7) is 2.12. The molecule has 0 aliphatic carbocycles. The normalized spacial score (nSPS) is 17.2. The molecule has 3 nitrogen and oxygen atoms in total. The Bertz CT molecular complexity index is 334. The van der Waals surface area contributed by atoms with Gasteiger partial charge in [0, 0.05) is 17.8 Å². The molecule has 4 heteroatoms. The van der Waals surface area contributed by atoms with Crippen LogP contribution in [0.5, 0.6) is 0 Å². The molecule has 0 bridgehead atoms. The summed E-state index contributed by atoms with van der Waals surface area (Å²) in [5, 5.41) is 9.58. The van der Waals surface area contributed by atoms with Gasteiger partial charge in [0.2, 0.25) is 0 Å². The first-order chi connectivity index (χ1) is 7.57. The first-order valence-electron chi connectivity index (χ1n) is 5.62. The van der Waals surface area contributed by atoms with E-state index >= 15 is 0 Å². The molecule has 0 unspecified atom stereocenters. The molecule has 0 aromatic heterocycles. The molecule has 1 heterocycles. The molecule has 0 atom stereocenters. The second kappa shape index (κ2) is 5.94. The van der Waals surface area contributed by atoms with Crippen molar-refractivity contribution in [1.29, 1.82) is 0 Å². The van der Waals surface area contributed by atoms with Crippen LogP contribution < -0.4 is 0 Å². The zero-order chi connectivity index (χ0) is 12.1. The smallest absolute Gasteiger partial charge is 0.353 e. The predicted octanol–water partition coefficient (Wildman–Crippen LogP) is 3.32. The maximum atomic E-state index is 11.1. The number of allylic oxidation sites excluding steroid dienone is 3. The summed E-state index contributed by atoms with van der Waals surface area (Å²) in [4.78, 5) is 12.9. The fourth-order valence-electron chi connectivity index (χ4n) is 1.83. The Balaban J connectivity index is 2.91. The van der Waals surface area contributed by atoms with Crippen molar-refractivity contribution in [1.82, 2.24) is 4.90 Å². The SMILES string of the molecule is CCCCC1=CCCC(Cl)=C(C(=O)O)N1C. The van der Waals surface area contributed by atoms with Crippen molar-refractivity contribution in [2.75, 3.05) is 7.05 Å². The molecule has 1 aliphatic heterocycles. The Morgan fingerprint density at radius 1 is 1.62 bits per heavy atom. The van der Waals surface area contributed by atoms with E-state index in [9.17, 15) is 4.79 Å². The number of hydrogen-bond donors (Lipinski definition) is 1. The molecule has 0 amide bonds. The zero-order valence-electron chi connectivity index (χ0n) is 9.79. The standard InChI is InChI=1S/C12H18ClNO2/c1-3-4-6-9-7-5-8-10(13)11(12(15)16)14(9)2/h7H,3-6,8H2,1-2H3,(H,15,16). The van der Waals surface area contributed by atoms with Crippen LogP contribution in [-0.2, 0) is 4.79 Å². The second-order valence-electron chi connectivity index (χ2n) is 3.96. The summed E-state index contributed by atoms with van der Waals surface area (Å²) < 4.78 is 0. The van der Waals surface area contributed by atoms with Crippen molar-refractivity contribution in [3.05, 3.63) is 22.5 Å². The number of carboxylic acid groups (broad SMARTS) is 1. The molecule has 90 valence electrons. The van der Waals surface area contributed by atoms with Gasteiger partial charge in [-0.25, -0.2) is 4.79 Å². The fourth-order valence-corrected chi connectivity index (χ4v) is 2.15. The molecule has 0 saturated heterocycles. The zero-order valence-corrected chi connectivity index (χ0v) is 10.5. The van der Waals surface area contributed by atoms with E-state index in [0.29, 0.717) is 11.5 Å². The number of hydrogen-bond acceptors (Lipinski definition) is 2. The Kier molecular flexibility index (Phi) is 4.87. The molecular formula is C12H18ClNO2. The summed E-state index contributed by atoms with van der Waals surface area (Å²) in [5.74, 6) is -0.947. The minimum absolute atomic E-state index is 0.224. The molecular weight excluding hydrogens is 226 g/mol. The highest BCUT2D eigenvalue weighted by Gasteiger charge is 2.22. The van der Waals surface area contributed by atoms with E-state index < -0.39 is 5.97 Å². The number of aliphatic carboxylic acids is 1. The number of nitrogens with zero attached hydrogens (tertiary/aromatic N) is 1. The lowest BCUT2D eigenvalue weighted by atomic mass is 10.1. The molecule has 0 radical (unpaired) electrons. The molecule has 0 aromatic carbocycles. The monoisotopic (exact) mass is 243 g/mol. The van der Waals surface area contributed by atoms with Gasteiger partial charge in [0.15, 0.2) is 0 Å². The van der Waals surface area contributed by atoms with Crippen molar-refractivity contribution >= 4 is 17.6 Å². The number of likely N-dealkylation sites (N-methyl/N-ethyl adjacent to an activating group) is 1. The van der Waals surface area contributed by atoms with Crippen LogP contribution in [0.3, 0.4) is 0 Å². The summed E-state index contributed by atoms with van der Waals surface area (Å²) in [7, 11) is 1.78. The summed E-state index contributed by atoms with van der Waals surface area (Å²) in [6, 6.07) is 0. The minimum atomic E-state index is -0.947. The molecule has 16 heavy (non-hydrogen) atoms. The van der Waals surface area contributed by atoms with Gasteiger partial charge < -0.3 is 10.0 Å². The first kappa shape index (κ1) is 13.1. The fraction of sp³-hybridized carbons (Fsp3) is 0.583. The van der Waals surface area contributed by atoms with Crippen LogP contribution in [0.2, 0.25) is 0 Å². The van der Waals surface area contributed by atoms with Crippen LogP contribution in [0, 0.1) is 0 Å². The third kappa shape index (κ3) is 3.01. The van der Waals surface area contributed by atoms with Gasteiger partial charge in [-0.05, 0) is 25.7 Å². The van der Waals surface area contributed by atoms with Crippen LogP contribution >= 0.6 is 11.6 Å².